The fraction of sp³-hybridized carbons (Fsp3) is 0. The summed E-state index contributed by atoms with van der Waals surface area (Å²) in [7, 11) is 0. The van der Waals surface area contributed by atoms with Crippen molar-refractivity contribution in [3.05, 3.63) is 0 Å². The van der Waals surface area contributed by atoms with Gasteiger partial charge in [-0.1, -0.05) is 17.5 Å². The van der Waals surface area contributed by atoms with Crippen molar-refractivity contribution in [1.82, 2.24) is 21.4 Å². The van der Waals surface area contributed by atoms with Gasteiger partial charge in [0.05, 0.1) is 10.3 Å². The molecule has 0 spiro atoms. The summed E-state index contributed by atoms with van der Waals surface area (Å²) >= 11 is 2.14. The molecule has 3 heterocycles. The van der Waals surface area contributed by atoms with Gasteiger partial charge in [-0.15, -0.1) is 0 Å². The van der Waals surface area contributed by atoms with Gasteiger partial charge in [0.25, 0.3) is 31.2 Å². The molecule has 30 heteroatoms. The fourth-order valence-electron chi connectivity index (χ4n) is 1.34. The maximum Gasteiger partial charge on any atom is 0.320 e. The van der Waals surface area contributed by atoms with E-state index in [1.165, 1.54) is 69.0 Å². The number of rotatable bonds is 6. The summed E-state index contributed by atoms with van der Waals surface area (Å²) in [6.07, 6.45) is 0. The van der Waals surface area contributed by atoms with Gasteiger partial charge in [-0.3, -0.25) is 0 Å². The van der Waals surface area contributed by atoms with E-state index in [1.807, 2.05) is 0 Å². The Kier molecular flexibility index (Phi) is 10.9. The minimum absolute atomic E-state index is 0.0175. The van der Waals surface area contributed by atoms with Gasteiger partial charge in [0.15, 0.2) is 9.88 Å². The third kappa shape index (κ3) is 8.14. The molecule has 0 saturated carbocycles. The average Bonchev–Trinajstić information content (AvgIpc) is 2.64. The number of halogens is 4. The molecule has 3 fully saturated rings. The molecule has 184 valence electrons. The van der Waals surface area contributed by atoms with E-state index in [1.54, 1.807) is 0 Å². The quantitative estimate of drug-likeness (QED) is 0.0496. The van der Waals surface area contributed by atoms with Crippen LogP contribution >= 0.6 is 90.0 Å². The highest BCUT2D eigenvalue weighted by atomic mass is 127. The minimum atomic E-state index is -2.27. The predicted molar refractivity (Wildman–Crippen MR) is 110 cm³/mol. The fourth-order valence-corrected chi connectivity index (χ4v) is 2.57. The lowest BCUT2D eigenvalue weighted by molar-refractivity contribution is -1.67. The van der Waals surface area contributed by atoms with E-state index in [4.69, 9.17) is 85.8 Å². The van der Waals surface area contributed by atoms with E-state index in [2.05, 4.69) is 7.68 Å². The predicted octanol–water partition coefficient (Wildman–Crippen LogP) is -3.49. The lowest BCUT2D eigenvalue weighted by Crippen LogP contribution is -2.76. The summed E-state index contributed by atoms with van der Waals surface area (Å²) in [5, 5.41) is -6.22. The van der Waals surface area contributed by atoms with Gasteiger partial charge in [0.2, 0.25) is 31.6 Å². The Morgan fingerprint density at radius 1 is 0.871 bits per heavy atom. The molecule has 0 aromatic heterocycles. The summed E-state index contributed by atoms with van der Waals surface area (Å²) in [6.45, 7) is 0. The Bertz CT molecular complexity index is 608. The van der Waals surface area contributed by atoms with Gasteiger partial charge in [-0.2, -0.15) is 6.33 Å². The Balaban J connectivity index is 2.56. The molecule has 3 aliphatic heterocycles. The standard InChI is InChI=1S/CH14I4N14O12/c1-5-16-23-13(7)26-18(10,27-14(8)24-16)31-19(11,25-12(6)20-2)30-17(9,22-4)29-15(21-3)28-16/h1,6-11H2/q+4. The topological polar surface area (TPSA) is 280 Å². The van der Waals surface area contributed by atoms with Crippen molar-refractivity contribution in [1.29, 1.82) is 0 Å². The van der Waals surface area contributed by atoms with Crippen LogP contribution in [0.1, 0.15) is 0 Å². The molecule has 26 nitrogen and oxygen atoms in total. The van der Waals surface area contributed by atoms with Crippen LogP contribution in [0.25, 0.3) is 0 Å². The monoisotopic (exact) mass is 922 g/mol. The summed E-state index contributed by atoms with van der Waals surface area (Å²) in [6, 6.07) is 0. The van der Waals surface area contributed by atoms with Crippen molar-refractivity contribution in [2.45, 2.75) is 0 Å². The zero-order valence-corrected chi connectivity index (χ0v) is 22.8. The van der Waals surface area contributed by atoms with Crippen molar-refractivity contribution in [3.8, 4) is 0 Å². The van der Waals surface area contributed by atoms with Gasteiger partial charge in [-0.05, 0) is 7.68 Å². The number of hydrogen-bond acceptors (Lipinski definition) is 22. The summed E-state index contributed by atoms with van der Waals surface area (Å²) in [5.41, 5.74) is 0. The molecule has 0 amide bonds. The molecule has 3 rings (SSSR count). The molecule has 0 radical (unpaired) electrons. The highest BCUT2D eigenvalue weighted by molar-refractivity contribution is 14.1. The highest BCUT2D eigenvalue weighted by Gasteiger charge is 2.66. The van der Waals surface area contributed by atoms with Crippen molar-refractivity contribution in [2.24, 2.45) is 35.1 Å². The maximum atomic E-state index is 5.76. The molecule has 2 unspecified atom stereocenters. The molecule has 0 aromatic rings. The van der Waals surface area contributed by atoms with Crippen LogP contribution in [0.2, 0.25) is 0 Å². The maximum absolute atomic E-state index is 5.76. The zero-order chi connectivity index (χ0) is 23.5. The normalized spacial score (nSPS) is 39.9. The second-order valence-electron chi connectivity index (χ2n) is 4.19. The first kappa shape index (κ1) is 29.0. The van der Waals surface area contributed by atoms with Crippen LogP contribution in [0.3, 0.4) is 0 Å². The number of hydrazine groups is 3. The Hall–Kier alpha value is 1.75. The van der Waals surface area contributed by atoms with Gasteiger partial charge >= 0.3 is 5.08 Å². The van der Waals surface area contributed by atoms with E-state index in [-0.39, 0.29) is 21.4 Å². The van der Waals surface area contributed by atoms with Crippen molar-refractivity contribution in [2.75, 3.05) is 0 Å². The zero-order valence-electron chi connectivity index (χ0n) is 14.2. The number of nitrogens with zero attached hydrogens (tertiary/aromatic N) is 8. The Morgan fingerprint density at radius 2 is 1.45 bits per heavy atom. The molecule has 2 atom stereocenters. The van der Waals surface area contributed by atoms with Crippen LogP contribution in [0.5, 0.6) is 0 Å². The molecular weight excluding hydrogens is 908 g/mol. The second-order valence-corrected chi connectivity index (χ2v) is 7.24. The van der Waals surface area contributed by atoms with Crippen LogP contribution in [0.4, 0.5) is 0 Å². The minimum Gasteiger partial charge on any atom is -0.214 e. The third-order valence-corrected chi connectivity index (χ3v) is 4.73. The van der Waals surface area contributed by atoms with E-state index in [0.29, 0.717) is 0 Å². The number of fused-ring (bicyclic) bond motifs is 10. The van der Waals surface area contributed by atoms with Gasteiger partial charge in [0.1, 0.15) is 56.7 Å². The van der Waals surface area contributed by atoms with E-state index in [0.717, 1.165) is 0 Å². The molecule has 2 bridgehead atoms. The number of hydrogen-bond donors (Lipinski definition) is 6. The molecule has 3 saturated heterocycles. The van der Waals surface area contributed by atoms with Gasteiger partial charge in [-0.25, -0.2) is 17.5 Å². The van der Waals surface area contributed by atoms with Gasteiger partial charge in [0, 0.05) is 29.6 Å². The number of nitrogens with two attached hydrogens (primary N) is 6. The first-order valence-electron chi connectivity index (χ1n) is 6.28. The molecule has 31 heavy (non-hydrogen) atoms. The van der Waals surface area contributed by atoms with Gasteiger partial charge < -0.3 is 0 Å². The first-order chi connectivity index (χ1) is 14.3. The largest absolute Gasteiger partial charge is 0.320 e. The Morgan fingerprint density at radius 3 is 1.90 bits per heavy atom. The smallest absolute Gasteiger partial charge is 0.214 e. The van der Waals surface area contributed by atoms with E-state index >= 15 is 0 Å². The van der Waals surface area contributed by atoms with Crippen molar-refractivity contribution < 1.29 is 72.4 Å². The van der Waals surface area contributed by atoms with E-state index < -0.39 is 39.4 Å². The molecule has 0 aromatic carbocycles. The van der Waals surface area contributed by atoms with Crippen molar-refractivity contribution in [3.63, 3.8) is 0 Å². The Labute approximate surface area is 221 Å². The third-order valence-electron chi connectivity index (χ3n) is 2.11. The van der Waals surface area contributed by atoms with Crippen molar-refractivity contribution >= 4 is 94.5 Å². The van der Waals surface area contributed by atoms with Crippen LogP contribution in [0.15, 0.2) is 0 Å². The SMILES string of the molecule is C=I[N+]12ON(N)O[N+](N)(ON(N)O1)O[N+](N)(ON(N)OI)O[N+](N)(OI)ON(OI)O2. The van der Waals surface area contributed by atoms with Crippen LogP contribution in [-0.4, -0.2) is 44.3 Å². The molecule has 3 aliphatic rings. The van der Waals surface area contributed by atoms with Crippen LogP contribution in [0, 0.1) is 0 Å². The summed E-state index contributed by atoms with van der Waals surface area (Å²) in [4.78, 5) is 44.8. The molecule has 12 N–H and O–H groups in total. The first-order valence-corrected chi connectivity index (χ1v) is 11.4. The number of quaternary nitrogens is 4. The molecular formula is CH14I4N14O12+4. The molecule has 0 aliphatic carbocycles. The van der Waals surface area contributed by atoms with Crippen LogP contribution in [-0.2, 0) is 53.9 Å². The van der Waals surface area contributed by atoms with E-state index in [9.17, 15) is 0 Å². The van der Waals surface area contributed by atoms with Crippen LogP contribution < -0.4 is 35.1 Å². The summed E-state index contributed by atoms with van der Waals surface area (Å²) in [5.74, 6) is 33.6. The lowest BCUT2D eigenvalue weighted by Gasteiger charge is -2.34. The summed E-state index contributed by atoms with van der Waals surface area (Å²) < 4.78 is 16.1. The highest BCUT2D eigenvalue weighted by Crippen LogP contribution is 2.33. The second kappa shape index (κ2) is 11.7. The average molecular weight is 922 g/mol. The lowest BCUT2D eigenvalue weighted by atomic mass is 12.0.